The quantitative estimate of drug-likeness (QED) is 0.0935. The van der Waals surface area contributed by atoms with E-state index in [1.807, 2.05) is 72.8 Å². The van der Waals surface area contributed by atoms with E-state index in [1.165, 1.54) is 14.2 Å². The molecule has 2 fully saturated rings. The Hall–Kier alpha value is -6.49. The van der Waals surface area contributed by atoms with Crippen molar-refractivity contribution in [1.82, 2.24) is 40.4 Å². The minimum absolute atomic E-state index is 0.195. The molecule has 0 aliphatic carbocycles. The first kappa shape index (κ1) is 45.1. The van der Waals surface area contributed by atoms with Crippen LogP contribution in [0.2, 0.25) is 10.3 Å². The number of carbonyl (C=O) groups excluding carboxylic acids is 4. The van der Waals surface area contributed by atoms with Crippen LogP contribution in [0.4, 0.5) is 9.59 Å². The number of rotatable bonds is 12. The molecule has 0 bridgehead atoms. The molecule has 18 heteroatoms. The fourth-order valence-electron chi connectivity index (χ4n) is 8.48. The monoisotopic (exact) mass is 936 g/mol. The highest BCUT2D eigenvalue weighted by Crippen LogP contribution is 2.40. The van der Waals surface area contributed by atoms with Gasteiger partial charge in [0.05, 0.1) is 31.6 Å². The van der Waals surface area contributed by atoms with Crippen molar-refractivity contribution in [3.05, 3.63) is 142 Å². The lowest BCUT2D eigenvalue weighted by atomic mass is 10.0. The van der Waals surface area contributed by atoms with Crippen molar-refractivity contribution in [2.45, 2.75) is 48.7 Å². The number of H-pyrrole nitrogens is 2. The van der Waals surface area contributed by atoms with Crippen LogP contribution < -0.4 is 10.6 Å². The topological polar surface area (TPSA) is 192 Å². The lowest BCUT2D eigenvalue weighted by Gasteiger charge is -2.28. The standard InChI is InChI=1S/C47H46Cl2N8O7S/c1-63-46(60)52-38(29-11-6-4-7-12-29)44(58)56-24-10-15-34(56)42-50-36(40(48)54-42)31-20-16-27(17-21-31)28-18-22-32(23-19-28)37-41(49)55-43(51-37)35-25-33(65(3)62)26-57(35)45(59)39(53-47(61)64-2)30-13-8-5-9-14-30/h4-9,11-14,16-23,33-35,38-39H,10,15,24-26H2,1-3H3,(H,50,54)(H,51,55)(H,52,60)(H,53,61)/t33-,34?,35-,38-,39-,65?/m0/s1. The molecule has 15 nitrogen and oxygen atoms in total. The van der Waals surface area contributed by atoms with Gasteiger partial charge >= 0.3 is 12.2 Å². The Kier molecular flexibility index (Phi) is 13.7. The predicted molar refractivity (Wildman–Crippen MR) is 247 cm³/mol. The minimum Gasteiger partial charge on any atom is -0.453 e. The molecule has 2 saturated heterocycles. The van der Waals surface area contributed by atoms with E-state index < -0.39 is 47.0 Å². The molecule has 336 valence electrons. The van der Waals surface area contributed by atoms with Crippen molar-refractivity contribution >= 4 is 58.0 Å². The van der Waals surface area contributed by atoms with Gasteiger partial charge in [-0.15, -0.1) is 0 Å². The van der Waals surface area contributed by atoms with E-state index in [9.17, 15) is 23.4 Å². The van der Waals surface area contributed by atoms with E-state index in [1.54, 1.807) is 52.5 Å². The number of carbonyl (C=O) groups is 4. The van der Waals surface area contributed by atoms with Crippen LogP contribution in [0, 0.1) is 0 Å². The van der Waals surface area contributed by atoms with E-state index in [4.69, 9.17) is 42.6 Å². The number of hydrogen-bond donors (Lipinski definition) is 4. The summed E-state index contributed by atoms with van der Waals surface area (Å²) in [4.78, 5) is 72.3. The fourth-order valence-corrected chi connectivity index (χ4v) is 9.80. The van der Waals surface area contributed by atoms with E-state index in [-0.39, 0.29) is 28.9 Å². The van der Waals surface area contributed by atoms with E-state index in [2.05, 4.69) is 20.6 Å². The number of hydrogen-bond acceptors (Lipinski definition) is 9. The number of halogens is 2. The number of aromatic nitrogens is 4. The number of amides is 4. The smallest absolute Gasteiger partial charge is 0.407 e. The molecule has 0 spiro atoms. The number of methoxy groups -OCH3 is 2. The fraction of sp³-hybridized carbons (Fsp3) is 0.277. The summed E-state index contributed by atoms with van der Waals surface area (Å²) in [6, 6.07) is 30.5. The summed E-state index contributed by atoms with van der Waals surface area (Å²) in [5.41, 5.74) is 5.64. The van der Waals surface area contributed by atoms with Gasteiger partial charge in [-0.3, -0.25) is 13.8 Å². The largest absolute Gasteiger partial charge is 0.453 e. The number of alkyl carbamates (subject to hydrolysis) is 2. The highest BCUT2D eigenvalue weighted by Gasteiger charge is 2.43. The van der Waals surface area contributed by atoms with Gasteiger partial charge in [-0.25, -0.2) is 19.6 Å². The summed E-state index contributed by atoms with van der Waals surface area (Å²) >= 11 is 13.6. The lowest BCUT2D eigenvalue weighted by molar-refractivity contribution is -0.135. The van der Waals surface area contributed by atoms with Crippen LogP contribution in [0.25, 0.3) is 33.6 Å². The maximum Gasteiger partial charge on any atom is 0.407 e. The van der Waals surface area contributed by atoms with Crippen LogP contribution >= 0.6 is 23.2 Å². The van der Waals surface area contributed by atoms with Gasteiger partial charge in [0.2, 0.25) is 0 Å². The van der Waals surface area contributed by atoms with Crippen LogP contribution in [-0.4, -0.2) is 96.8 Å². The molecule has 4 amide bonds. The van der Waals surface area contributed by atoms with Crippen molar-refractivity contribution in [3.63, 3.8) is 0 Å². The average Bonchev–Trinajstić information content (AvgIpc) is 4.16. The van der Waals surface area contributed by atoms with Crippen LogP contribution in [0.1, 0.15) is 66.2 Å². The third kappa shape index (κ3) is 9.65. The Morgan fingerprint density at radius 1 is 0.662 bits per heavy atom. The second kappa shape index (κ2) is 19.7. The number of aromatic amines is 2. The number of likely N-dealkylation sites (tertiary alicyclic amines) is 2. The SMILES string of the molecule is COC(=O)N[C@H](C(=O)N1CCCC1c1nc(-c2ccc(-c3ccc(-c4nc([C@@H]5C[C@H](S(C)=O)CN5C(=O)[C@@H](NC(=O)OC)c5ccccc5)[nH]c4Cl)cc3)cc2)c(Cl)[nH]1)c1ccccc1. The molecule has 6 atom stereocenters. The molecule has 2 aliphatic heterocycles. The van der Waals surface area contributed by atoms with Gasteiger partial charge in [-0.2, -0.15) is 0 Å². The first-order valence-corrected chi connectivity index (χ1v) is 23.3. The molecular weight excluding hydrogens is 892 g/mol. The Morgan fingerprint density at radius 2 is 1.09 bits per heavy atom. The second-order valence-electron chi connectivity index (χ2n) is 15.7. The zero-order valence-electron chi connectivity index (χ0n) is 35.6. The van der Waals surface area contributed by atoms with Crippen molar-refractivity contribution in [1.29, 1.82) is 0 Å². The molecule has 4 aromatic carbocycles. The molecule has 6 aromatic rings. The summed E-state index contributed by atoms with van der Waals surface area (Å²) < 4.78 is 22.4. The summed E-state index contributed by atoms with van der Waals surface area (Å²) in [7, 11) is 1.25. The normalized spacial score (nSPS) is 18.4. The lowest BCUT2D eigenvalue weighted by Crippen LogP contribution is -2.43. The highest BCUT2D eigenvalue weighted by atomic mass is 35.5. The Bertz CT molecular complexity index is 2700. The molecule has 2 aliphatic rings. The molecule has 4 N–H and O–H groups in total. The van der Waals surface area contributed by atoms with Gasteiger partial charge in [-0.05, 0) is 41.5 Å². The Labute approximate surface area is 387 Å². The number of nitrogens with zero attached hydrogens (tertiary/aromatic N) is 4. The second-order valence-corrected chi connectivity index (χ2v) is 18.2. The van der Waals surface area contributed by atoms with Crippen molar-refractivity contribution in [3.8, 4) is 33.6 Å². The Morgan fingerprint density at radius 3 is 1.54 bits per heavy atom. The van der Waals surface area contributed by atoms with E-state index >= 15 is 0 Å². The first-order chi connectivity index (χ1) is 31.4. The zero-order valence-corrected chi connectivity index (χ0v) is 38.0. The van der Waals surface area contributed by atoms with E-state index in [0.29, 0.717) is 58.7 Å². The molecule has 2 unspecified atom stereocenters. The van der Waals surface area contributed by atoms with Gasteiger partial charge in [0.15, 0.2) is 0 Å². The van der Waals surface area contributed by atoms with Crippen LogP contribution in [-0.2, 0) is 29.9 Å². The summed E-state index contributed by atoms with van der Waals surface area (Å²) in [5.74, 6) is 0.327. The maximum atomic E-state index is 14.2. The van der Waals surface area contributed by atoms with Crippen LogP contribution in [0.15, 0.2) is 109 Å². The molecule has 65 heavy (non-hydrogen) atoms. The van der Waals surface area contributed by atoms with E-state index in [0.717, 1.165) is 28.7 Å². The molecule has 0 saturated carbocycles. The number of benzene rings is 4. The maximum absolute atomic E-state index is 14.2. The van der Waals surface area contributed by atoms with Gasteiger partial charge in [-0.1, -0.05) is 132 Å². The summed E-state index contributed by atoms with van der Waals surface area (Å²) in [6.07, 6.45) is 1.94. The third-order valence-electron chi connectivity index (χ3n) is 11.8. The summed E-state index contributed by atoms with van der Waals surface area (Å²) in [6.45, 7) is 0.682. The number of nitrogens with one attached hydrogen (secondary N) is 4. The van der Waals surface area contributed by atoms with Crippen molar-refractivity contribution < 1.29 is 32.9 Å². The molecule has 8 rings (SSSR count). The molecular formula is C47H46Cl2N8O7S. The average molecular weight is 938 g/mol. The van der Waals surface area contributed by atoms with Crippen molar-refractivity contribution in [2.75, 3.05) is 33.6 Å². The van der Waals surface area contributed by atoms with Gasteiger partial charge in [0.1, 0.15) is 45.4 Å². The third-order valence-corrected chi connectivity index (χ3v) is 13.7. The van der Waals surface area contributed by atoms with Crippen molar-refractivity contribution in [2.24, 2.45) is 0 Å². The minimum atomic E-state index is -1.24. The molecule has 0 radical (unpaired) electrons. The predicted octanol–water partition coefficient (Wildman–Crippen LogP) is 8.32. The Balaban J connectivity index is 0.981. The van der Waals surface area contributed by atoms with Crippen LogP contribution in [0.3, 0.4) is 0 Å². The summed E-state index contributed by atoms with van der Waals surface area (Å²) in [5, 5.41) is 5.65. The number of ether oxygens (including phenoxy) is 2. The zero-order chi connectivity index (χ0) is 45.8. The van der Waals surface area contributed by atoms with Crippen LogP contribution in [0.5, 0.6) is 0 Å². The number of imidazole rings is 2. The first-order valence-electron chi connectivity index (χ1n) is 20.9. The molecule has 4 heterocycles. The highest BCUT2D eigenvalue weighted by molar-refractivity contribution is 7.84. The molecule has 2 aromatic heterocycles. The van der Waals surface area contributed by atoms with Gasteiger partial charge < -0.3 is 39.9 Å². The van der Waals surface area contributed by atoms with Gasteiger partial charge in [0, 0.05) is 41.3 Å². The van der Waals surface area contributed by atoms with Gasteiger partial charge in [0.25, 0.3) is 11.8 Å².